The van der Waals surface area contributed by atoms with Gasteiger partial charge >= 0.3 is 0 Å². The summed E-state index contributed by atoms with van der Waals surface area (Å²) in [4.78, 5) is 24.9. The molecule has 1 aromatic carbocycles. The molecule has 0 spiro atoms. The van der Waals surface area contributed by atoms with E-state index >= 15 is 0 Å². The van der Waals surface area contributed by atoms with Gasteiger partial charge in [0.15, 0.2) is 0 Å². The van der Waals surface area contributed by atoms with E-state index in [9.17, 15) is 9.70 Å². The highest BCUT2D eigenvalue weighted by Crippen LogP contribution is 2.20. The molecule has 132 valence electrons. The van der Waals surface area contributed by atoms with E-state index in [0.29, 0.717) is 24.4 Å². The molecule has 1 amide bonds. The number of amides is 1. The molecule has 0 unspecified atom stereocenters. The summed E-state index contributed by atoms with van der Waals surface area (Å²) in [5, 5.41) is 5.78. The van der Waals surface area contributed by atoms with Gasteiger partial charge in [-0.2, -0.15) is 0 Å². The quantitative estimate of drug-likeness (QED) is 0.612. The van der Waals surface area contributed by atoms with E-state index in [0.717, 1.165) is 16.6 Å². The molecule has 2 rings (SSSR count). The lowest BCUT2D eigenvalue weighted by atomic mass is 10.1. The Balaban J connectivity index is 2.04. The third-order valence-corrected chi connectivity index (χ3v) is 3.78. The molecule has 1 aliphatic rings. The van der Waals surface area contributed by atoms with Gasteiger partial charge in [0.1, 0.15) is 0 Å². The summed E-state index contributed by atoms with van der Waals surface area (Å²) in [6, 6.07) is 9.91. The molecule has 0 atom stereocenters. The van der Waals surface area contributed by atoms with Gasteiger partial charge in [0, 0.05) is 18.3 Å². The number of benzene rings is 1. The molecule has 0 saturated heterocycles. The van der Waals surface area contributed by atoms with Gasteiger partial charge in [-0.15, -0.1) is 4.91 Å². The first kappa shape index (κ1) is 18.6. The first-order valence-electron chi connectivity index (χ1n) is 8.21. The van der Waals surface area contributed by atoms with Gasteiger partial charge in [-0.05, 0) is 22.9 Å². The monoisotopic (exact) mass is 341 g/mol. The van der Waals surface area contributed by atoms with Crippen molar-refractivity contribution in [1.82, 2.24) is 10.2 Å². The second-order valence-electron chi connectivity index (χ2n) is 6.96. The van der Waals surface area contributed by atoms with Crippen LogP contribution in [0.5, 0.6) is 0 Å². The number of quaternary nitrogens is 1. The minimum absolute atomic E-state index is 0.152. The fourth-order valence-electron chi connectivity index (χ4n) is 2.38. The molecule has 0 aromatic heterocycles. The second-order valence-corrected chi connectivity index (χ2v) is 6.96. The largest absolute Gasteiger partial charge is 0.346 e. The highest BCUT2D eigenvalue weighted by molar-refractivity contribution is 5.96. The molecule has 0 bridgehead atoms. The van der Waals surface area contributed by atoms with Crippen molar-refractivity contribution in [3.63, 3.8) is 0 Å². The van der Waals surface area contributed by atoms with Crippen LogP contribution in [-0.2, 0) is 11.3 Å². The fraction of sp³-hybridized carbons (Fsp3) is 0.316. The Morgan fingerprint density at radius 1 is 1.24 bits per heavy atom. The van der Waals surface area contributed by atoms with Crippen LogP contribution >= 0.6 is 0 Å². The average molecular weight is 341 g/mol. The SMILES string of the molecule is C[N+](C)(C)CCNC(=O)C1=C/C(=C/N=O)N(Cc2ccccc2)C=C1. The van der Waals surface area contributed by atoms with Crippen LogP contribution in [0.15, 0.2) is 71.3 Å². The van der Waals surface area contributed by atoms with Crippen LogP contribution in [-0.4, -0.2) is 49.5 Å². The van der Waals surface area contributed by atoms with Crippen molar-refractivity contribution in [3.8, 4) is 0 Å². The molecule has 1 aliphatic heterocycles. The molecule has 0 radical (unpaired) electrons. The van der Waals surface area contributed by atoms with Crippen molar-refractivity contribution in [2.75, 3.05) is 34.2 Å². The summed E-state index contributed by atoms with van der Waals surface area (Å²) in [5.41, 5.74) is 2.21. The third kappa shape index (κ3) is 6.00. The third-order valence-electron chi connectivity index (χ3n) is 3.78. The van der Waals surface area contributed by atoms with Crippen molar-refractivity contribution in [3.05, 3.63) is 76.6 Å². The Kier molecular flexibility index (Phi) is 6.25. The predicted octanol–water partition coefficient (Wildman–Crippen LogP) is 2.37. The van der Waals surface area contributed by atoms with E-state index in [1.165, 1.54) is 6.20 Å². The second kappa shape index (κ2) is 8.39. The molecule has 1 heterocycles. The summed E-state index contributed by atoms with van der Waals surface area (Å²) in [5.74, 6) is -0.152. The molecule has 0 fully saturated rings. The molecule has 6 heteroatoms. The highest BCUT2D eigenvalue weighted by Gasteiger charge is 2.16. The van der Waals surface area contributed by atoms with Gasteiger partial charge in [-0.3, -0.25) is 4.79 Å². The van der Waals surface area contributed by atoms with Gasteiger partial charge in [0.25, 0.3) is 5.91 Å². The number of rotatable bonds is 7. The maximum atomic E-state index is 12.3. The smallest absolute Gasteiger partial charge is 0.251 e. The predicted molar refractivity (Wildman–Crippen MR) is 99.0 cm³/mol. The zero-order valence-corrected chi connectivity index (χ0v) is 15.0. The van der Waals surface area contributed by atoms with Crippen LogP contribution in [0.1, 0.15) is 5.56 Å². The highest BCUT2D eigenvalue weighted by atomic mass is 16.2. The van der Waals surface area contributed by atoms with Crippen LogP contribution in [0.4, 0.5) is 0 Å². The topological polar surface area (TPSA) is 61.8 Å². The molecule has 25 heavy (non-hydrogen) atoms. The molecule has 0 aliphatic carbocycles. The van der Waals surface area contributed by atoms with Crippen molar-refractivity contribution in [2.24, 2.45) is 5.18 Å². The minimum atomic E-state index is -0.152. The van der Waals surface area contributed by atoms with Gasteiger partial charge < -0.3 is 14.7 Å². The summed E-state index contributed by atoms with van der Waals surface area (Å²) < 4.78 is 0.778. The van der Waals surface area contributed by atoms with Crippen LogP contribution in [0.3, 0.4) is 0 Å². The molecule has 0 saturated carbocycles. The first-order valence-corrected chi connectivity index (χ1v) is 8.21. The lowest BCUT2D eigenvalue weighted by molar-refractivity contribution is -0.869. The zero-order chi connectivity index (χ0) is 18.3. The van der Waals surface area contributed by atoms with Crippen molar-refractivity contribution >= 4 is 5.91 Å². The van der Waals surface area contributed by atoms with Crippen LogP contribution in [0.25, 0.3) is 0 Å². The van der Waals surface area contributed by atoms with Crippen molar-refractivity contribution in [1.29, 1.82) is 0 Å². The van der Waals surface area contributed by atoms with Gasteiger partial charge in [-0.1, -0.05) is 30.3 Å². The number of likely N-dealkylation sites (N-methyl/N-ethyl adjacent to an activating group) is 1. The van der Waals surface area contributed by atoms with Gasteiger partial charge in [0.05, 0.1) is 46.1 Å². The average Bonchev–Trinajstić information content (AvgIpc) is 2.56. The lowest BCUT2D eigenvalue weighted by Crippen LogP contribution is -2.42. The molecular formula is C19H25N4O2+. The summed E-state index contributed by atoms with van der Waals surface area (Å²) in [6.45, 7) is 2.03. The van der Waals surface area contributed by atoms with E-state index in [-0.39, 0.29) is 5.91 Å². The Hall–Kier alpha value is -2.73. The minimum Gasteiger partial charge on any atom is -0.346 e. The van der Waals surface area contributed by atoms with E-state index in [4.69, 9.17) is 0 Å². The summed E-state index contributed by atoms with van der Waals surface area (Å²) in [6.07, 6.45) is 6.47. The normalized spacial score (nSPS) is 15.9. The maximum absolute atomic E-state index is 12.3. The van der Waals surface area contributed by atoms with Crippen LogP contribution in [0.2, 0.25) is 0 Å². The molecular weight excluding hydrogens is 316 g/mol. The standard InChI is InChI=1S/C19H24N4O2/c1-23(2,3)12-10-20-19(24)17-9-11-22(18(13-17)14-21-25)15-16-7-5-4-6-8-16/h4-9,11,13-14H,10,12,15H2,1-3H3/p+1/b18-14-. The molecule has 1 N–H and O–H groups in total. The Bertz CT molecular complexity index is 700. The van der Waals surface area contributed by atoms with Crippen LogP contribution < -0.4 is 5.32 Å². The fourth-order valence-corrected chi connectivity index (χ4v) is 2.38. The first-order chi connectivity index (χ1) is 11.9. The summed E-state index contributed by atoms with van der Waals surface area (Å²) in [7, 11) is 6.22. The maximum Gasteiger partial charge on any atom is 0.251 e. The molecule has 6 nitrogen and oxygen atoms in total. The van der Waals surface area contributed by atoms with E-state index in [1.54, 1.807) is 18.4 Å². The van der Waals surface area contributed by atoms with Crippen molar-refractivity contribution in [2.45, 2.75) is 6.54 Å². The van der Waals surface area contributed by atoms with E-state index < -0.39 is 0 Å². The number of carbonyl (C=O) groups is 1. The van der Waals surface area contributed by atoms with Crippen molar-refractivity contribution < 1.29 is 9.28 Å². The van der Waals surface area contributed by atoms with E-state index in [2.05, 4.69) is 31.6 Å². The number of nitrogens with zero attached hydrogens (tertiary/aromatic N) is 3. The zero-order valence-electron chi connectivity index (χ0n) is 15.0. The number of hydrogen-bond donors (Lipinski definition) is 1. The number of hydrogen-bond acceptors (Lipinski definition) is 4. The Morgan fingerprint density at radius 2 is 1.96 bits per heavy atom. The Morgan fingerprint density at radius 3 is 2.60 bits per heavy atom. The molecule has 1 aromatic rings. The summed E-state index contributed by atoms with van der Waals surface area (Å²) >= 11 is 0. The number of nitroso groups, excluding NO2 is 1. The van der Waals surface area contributed by atoms with Crippen LogP contribution in [0, 0.1) is 4.91 Å². The number of nitrogens with one attached hydrogen (secondary N) is 1. The number of carbonyl (C=O) groups excluding carboxylic acids is 1. The Labute approximate surface area is 148 Å². The number of allylic oxidation sites excluding steroid dienone is 1. The van der Waals surface area contributed by atoms with Gasteiger partial charge in [0.2, 0.25) is 0 Å². The van der Waals surface area contributed by atoms with E-state index in [1.807, 2.05) is 35.2 Å². The van der Waals surface area contributed by atoms with Gasteiger partial charge in [-0.25, -0.2) is 0 Å². The lowest BCUT2D eigenvalue weighted by Gasteiger charge is -2.25.